The number of aromatic nitrogens is 2. The summed E-state index contributed by atoms with van der Waals surface area (Å²) in [6, 6.07) is 17.7. The number of nitrogens with zero attached hydrogens (tertiary/aromatic N) is 3. The fourth-order valence-corrected chi connectivity index (χ4v) is 4.93. The van der Waals surface area contributed by atoms with Gasteiger partial charge < -0.3 is 4.42 Å². The third-order valence-corrected chi connectivity index (χ3v) is 6.30. The zero-order chi connectivity index (χ0) is 20.2. The molecule has 5 aromatic rings. The molecule has 4 heterocycles. The number of carbonyl (C=O) groups excluding carboxylic acids is 1. The molecule has 30 heavy (non-hydrogen) atoms. The molecule has 0 fully saturated rings. The lowest BCUT2D eigenvalue weighted by atomic mass is 10.0. The Labute approximate surface area is 174 Å². The highest BCUT2D eigenvalue weighted by atomic mass is 32.1. The molecule has 3 aromatic heterocycles. The molecular formula is C23H13N3O3S. The summed E-state index contributed by atoms with van der Waals surface area (Å²) in [6.45, 7) is 0. The van der Waals surface area contributed by atoms with Crippen molar-refractivity contribution in [1.29, 1.82) is 0 Å². The van der Waals surface area contributed by atoms with E-state index >= 15 is 0 Å². The molecule has 144 valence electrons. The minimum Gasteiger partial charge on any atom is -0.450 e. The maximum Gasteiger partial charge on any atom is 0.297 e. The SMILES string of the molecule is O=C1c2oc3ccccc3c(=O)c2[C@@H](c2cccnc2)N1c1nc2ccccc2s1. The number of pyridine rings is 1. The maximum absolute atomic E-state index is 13.5. The first-order valence-corrected chi connectivity index (χ1v) is 10.2. The summed E-state index contributed by atoms with van der Waals surface area (Å²) in [4.78, 5) is 37.3. The Kier molecular flexibility index (Phi) is 3.60. The molecule has 1 atom stereocenters. The second kappa shape index (κ2) is 6.33. The predicted octanol–water partition coefficient (Wildman–Crippen LogP) is 4.55. The van der Waals surface area contributed by atoms with Gasteiger partial charge in [0.1, 0.15) is 5.58 Å². The molecule has 6 rings (SSSR count). The number of hydrogen-bond donors (Lipinski definition) is 0. The highest BCUT2D eigenvalue weighted by Gasteiger charge is 2.45. The summed E-state index contributed by atoms with van der Waals surface area (Å²) in [5.74, 6) is -0.312. The highest BCUT2D eigenvalue weighted by molar-refractivity contribution is 7.22. The number of hydrogen-bond acceptors (Lipinski definition) is 6. The van der Waals surface area contributed by atoms with Crippen molar-refractivity contribution in [1.82, 2.24) is 9.97 Å². The van der Waals surface area contributed by atoms with Crippen molar-refractivity contribution in [2.24, 2.45) is 0 Å². The predicted molar refractivity (Wildman–Crippen MR) is 115 cm³/mol. The molecule has 0 saturated heterocycles. The fourth-order valence-electron chi connectivity index (χ4n) is 3.93. The molecule has 1 aliphatic heterocycles. The van der Waals surface area contributed by atoms with E-state index in [1.165, 1.54) is 11.3 Å². The molecule has 1 aliphatic rings. The van der Waals surface area contributed by atoms with Crippen molar-refractivity contribution >= 4 is 43.6 Å². The van der Waals surface area contributed by atoms with Gasteiger partial charge in [-0.2, -0.15) is 0 Å². The minimum atomic E-state index is -0.650. The molecule has 0 N–H and O–H groups in total. The Morgan fingerprint density at radius 2 is 1.80 bits per heavy atom. The van der Waals surface area contributed by atoms with Gasteiger partial charge in [-0.25, -0.2) is 4.98 Å². The molecule has 0 saturated carbocycles. The quantitative estimate of drug-likeness (QED) is 0.426. The van der Waals surface area contributed by atoms with Crippen LogP contribution in [-0.4, -0.2) is 15.9 Å². The molecule has 2 aromatic carbocycles. The summed E-state index contributed by atoms with van der Waals surface area (Å²) in [5.41, 5.74) is 2.04. The summed E-state index contributed by atoms with van der Waals surface area (Å²) in [7, 11) is 0. The molecule has 0 radical (unpaired) electrons. The Morgan fingerprint density at radius 1 is 0.967 bits per heavy atom. The monoisotopic (exact) mass is 411 g/mol. The van der Waals surface area contributed by atoms with Crippen LogP contribution in [-0.2, 0) is 0 Å². The standard InChI is InChI=1S/C23H13N3O3S/c27-20-14-7-1-3-9-16(14)29-21-18(20)19(13-6-5-11-24-12-13)26(22(21)28)23-25-15-8-2-4-10-17(15)30-23/h1-12,19H/t19-/m1/s1. The van der Waals surface area contributed by atoms with Crippen LogP contribution in [0.15, 0.2) is 82.3 Å². The number of anilines is 1. The number of thiazole rings is 1. The van der Waals surface area contributed by atoms with Gasteiger partial charge in [0, 0.05) is 12.4 Å². The van der Waals surface area contributed by atoms with E-state index < -0.39 is 6.04 Å². The zero-order valence-corrected chi connectivity index (χ0v) is 16.3. The van der Waals surface area contributed by atoms with Crippen molar-refractivity contribution in [3.8, 4) is 0 Å². The molecule has 6 nitrogen and oxygen atoms in total. The van der Waals surface area contributed by atoms with Crippen LogP contribution < -0.4 is 10.3 Å². The van der Waals surface area contributed by atoms with Crippen molar-refractivity contribution in [3.05, 3.63) is 100 Å². The van der Waals surface area contributed by atoms with E-state index in [0.29, 0.717) is 21.7 Å². The smallest absolute Gasteiger partial charge is 0.297 e. The Hall–Kier alpha value is -3.84. The van der Waals surface area contributed by atoms with Crippen LogP contribution in [0.1, 0.15) is 27.7 Å². The summed E-state index contributed by atoms with van der Waals surface area (Å²) >= 11 is 1.41. The molecule has 0 aliphatic carbocycles. The summed E-state index contributed by atoms with van der Waals surface area (Å²) in [5, 5.41) is 0.967. The molecule has 0 unspecified atom stereocenters. The van der Waals surface area contributed by atoms with Gasteiger partial charge in [0.2, 0.25) is 5.76 Å². The van der Waals surface area contributed by atoms with Crippen LogP contribution in [0.2, 0.25) is 0 Å². The molecular weight excluding hydrogens is 398 g/mol. The van der Waals surface area contributed by atoms with Gasteiger partial charge in [-0.15, -0.1) is 0 Å². The lowest BCUT2D eigenvalue weighted by Gasteiger charge is -2.22. The molecule has 7 heteroatoms. The third-order valence-electron chi connectivity index (χ3n) is 5.27. The van der Waals surface area contributed by atoms with Gasteiger partial charge in [-0.3, -0.25) is 19.5 Å². The minimum absolute atomic E-state index is 0.0619. The zero-order valence-electron chi connectivity index (χ0n) is 15.5. The van der Waals surface area contributed by atoms with Crippen molar-refractivity contribution < 1.29 is 9.21 Å². The van der Waals surface area contributed by atoms with Gasteiger partial charge in [0.25, 0.3) is 5.91 Å². The van der Waals surface area contributed by atoms with E-state index in [-0.39, 0.29) is 17.1 Å². The van der Waals surface area contributed by atoms with Crippen LogP contribution in [0.4, 0.5) is 5.13 Å². The van der Waals surface area contributed by atoms with Crippen molar-refractivity contribution in [2.75, 3.05) is 4.90 Å². The number of benzene rings is 2. The van der Waals surface area contributed by atoms with Crippen LogP contribution >= 0.6 is 11.3 Å². The lowest BCUT2D eigenvalue weighted by molar-refractivity contribution is 0.0971. The van der Waals surface area contributed by atoms with Gasteiger partial charge in [0.15, 0.2) is 10.6 Å². The maximum atomic E-state index is 13.5. The van der Waals surface area contributed by atoms with Gasteiger partial charge >= 0.3 is 0 Å². The lowest BCUT2D eigenvalue weighted by Crippen LogP contribution is -2.29. The average Bonchev–Trinajstić information content (AvgIpc) is 3.33. The van der Waals surface area contributed by atoms with Crippen LogP contribution in [0.5, 0.6) is 0 Å². The largest absolute Gasteiger partial charge is 0.450 e. The topological polar surface area (TPSA) is 76.3 Å². The summed E-state index contributed by atoms with van der Waals surface area (Å²) in [6.07, 6.45) is 3.33. The number of rotatable bonds is 2. The number of para-hydroxylation sites is 2. The average molecular weight is 411 g/mol. The first-order valence-electron chi connectivity index (χ1n) is 9.37. The summed E-state index contributed by atoms with van der Waals surface area (Å²) < 4.78 is 6.90. The van der Waals surface area contributed by atoms with E-state index in [1.807, 2.05) is 30.3 Å². The van der Waals surface area contributed by atoms with Gasteiger partial charge in [-0.05, 0) is 35.9 Å². The van der Waals surface area contributed by atoms with E-state index in [2.05, 4.69) is 9.97 Å². The molecule has 1 amide bonds. The number of carbonyl (C=O) groups is 1. The fraction of sp³-hybridized carbons (Fsp3) is 0.0435. The second-order valence-corrected chi connectivity index (χ2v) is 8.01. The van der Waals surface area contributed by atoms with E-state index in [0.717, 1.165) is 15.8 Å². The van der Waals surface area contributed by atoms with Gasteiger partial charge in [-0.1, -0.05) is 41.7 Å². The second-order valence-electron chi connectivity index (χ2n) is 7.00. The van der Waals surface area contributed by atoms with Crippen molar-refractivity contribution in [3.63, 3.8) is 0 Å². The van der Waals surface area contributed by atoms with E-state index in [9.17, 15) is 9.59 Å². The normalized spacial score (nSPS) is 15.8. The Balaban J connectivity index is 1.66. The van der Waals surface area contributed by atoms with E-state index in [1.54, 1.807) is 47.6 Å². The number of fused-ring (bicyclic) bond motifs is 3. The molecule has 0 bridgehead atoms. The van der Waals surface area contributed by atoms with Crippen LogP contribution in [0, 0.1) is 0 Å². The van der Waals surface area contributed by atoms with Crippen LogP contribution in [0.25, 0.3) is 21.2 Å². The highest BCUT2D eigenvalue weighted by Crippen LogP contribution is 2.43. The first kappa shape index (κ1) is 17.1. The Morgan fingerprint density at radius 3 is 2.63 bits per heavy atom. The first-order chi connectivity index (χ1) is 14.7. The van der Waals surface area contributed by atoms with Gasteiger partial charge in [0.05, 0.1) is 27.2 Å². The van der Waals surface area contributed by atoms with Crippen LogP contribution in [0.3, 0.4) is 0 Å². The Bertz CT molecular complexity index is 1470. The third kappa shape index (κ3) is 2.36. The van der Waals surface area contributed by atoms with Crippen molar-refractivity contribution in [2.45, 2.75) is 6.04 Å². The van der Waals surface area contributed by atoms with E-state index in [4.69, 9.17) is 4.42 Å². The number of amides is 1. The molecule has 0 spiro atoms.